The van der Waals surface area contributed by atoms with Crippen molar-refractivity contribution in [3.8, 4) is 16.8 Å². The predicted octanol–water partition coefficient (Wildman–Crippen LogP) is 13.5. The summed E-state index contributed by atoms with van der Waals surface area (Å²) >= 11 is 0. The molecule has 3 atom stereocenters. The maximum Gasteiger partial charge on any atom is 0.0714 e. The average Bonchev–Trinajstić information content (AvgIpc) is 3.79. The van der Waals surface area contributed by atoms with E-state index < -0.39 is 5.41 Å². The van der Waals surface area contributed by atoms with Crippen molar-refractivity contribution in [1.29, 1.82) is 0 Å². The number of rotatable bonds is 5. The van der Waals surface area contributed by atoms with Gasteiger partial charge in [0.25, 0.3) is 0 Å². The topological polar surface area (TPSA) is 4.93 Å². The normalized spacial score (nSPS) is 20.2. The summed E-state index contributed by atoms with van der Waals surface area (Å²) in [5, 5.41) is 2.52. The van der Waals surface area contributed by atoms with Gasteiger partial charge in [0, 0.05) is 22.4 Å². The molecule has 0 aliphatic heterocycles. The molecule has 0 bridgehead atoms. The number of fused-ring (bicyclic) bond motifs is 8. The molecule has 0 amide bonds. The second-order valence-electron chi connectivity index (χ2n) is 15.9. The van der Waals surface area contributed by atoms with E-state index in [9.17, 15) is 0 Å². The molecule has 1 heteroatoms. The number of allylic oxidation sites excluding steroid dienone is 4. The first-order valence-corrected chi connectivity index (χ1v) is 20.2. The molecular formula is C56H39N. The number of para-hydroxylation sites is 2. The third kappa shape index (κ3) is 4.24. The Balaban J connectivity index is 1.20. The lowest BCUT2D eigenvalue weighted by molar-refractivity contribution is 0.454. The highest BCUT2D eigenvalue weighted by atomic mass is 15.0. The van der Waals surface area contributed by atoms with Gasteiger partial charge in [-0.2, -0.15) is 0 Å². The van der Waals surface area contributed by atoms with Crippen molar-refractivity contribution in [3.63, 3.8) is 0 Å². The van der Waals surface area contributed by atoms with Gasteiger partial charge in [0.2, 0.25) is 0 Å². The summed E-state index contributed by atoms with van der Waals surface area (Å²) in [6.07, 6.45) is 8.05. The summed E-state index contributed by atoms with van der Waals surface area (Å²) in [5.74, 6) is 0.288. The summed E-state index contributed by atoms with van der Waals surface area (Å²) in [6, 6.07) is 75.3. The fraction of sp³-hybridized carbons (Fsp3) is 0.0714. The summed E-state index contributed by atoms with van der Waals surface area (Å²) < 4.78 is 2.41. The largest absolute Gasteiger partial charge is 0.309 e. The lowest BCUT2D eigenvalue weighted by Gasteiger charge is -2.51. The quantitative estimate of drug-likeness (QED) is 0.166. The van der Waals surface area contributed by atoms with E-state index in [0.717, 1.165) is 6.42 Å². The zero-order valence-electron chi connectivity index (χ0n) is 31.5. The maximum atomic E-state index is 2.46. The van der Waals surface area contributed by atoms with Gasteiger partial charge in [-0.15, -0.1) is 0 Å². The van der Waals surface area contributed by atoms with Crippen molar-refractivity contribution in [3.05, 3.63) is 263 Å². The van der Waals surface area contributed by atoms with E-state index in [2.05, 4.69) is 223 Å². The van der Waals surface area contributed by atoms with Gasteiger partial charge >= 0.3 is 0 Å². The molecule has 1 heterocycles. The Morgan fingerprint density at radius 3 is 1.88 bits per heavy atom. The van der Waals surface area contributed by atoms with Crippen LogP contribution >= 0.6 is 0 Å². The first-order chi connectivity index (χ1) is 28.3. The minimum Gasteiger partial charge on any atom is -0.309 e. The lowest BCUT2D eigenvalue weighted by Crippen LogP contribution is -2.46. The first-order valence-electron chi connectivity index (χ1n) is 20.2. The number of nitrogens with zero attached hydrogens (tertiary/aromatic N) is 1. The Kier molecular flexibility index (Phi) is 6.95. The highest BCUT2D eigenvalue weighted by molar-refractivity contribution is 6.10. The molecule has 0 spiro atoms. The van der Waals surface area contributed by atoms with Crippen LogP contribution in [0.15, 0.2) is 218 Å². The molecule has 1 aromatic heterocycles. The van der Waals surface area contributed by atoms with Crippen LogP contribution in [-0.4, -0.2) is 4.57 Å². The molecule has 3 unspecified atom stereocenters. The Hall–Kier alpha value is -6.96. The fourth-order valence-electron chi connectivity index (χ4n) is 11.3. The molecule has 268 valence electrons. The minimum absolute atomic E-state index is 0.288. The fourth-order valence-corrected chi connectivity index (χ4v) is 11.3. The maximum absolute atomic E-state index is 2.46. The molecule has 1 nitrogen and oxygen atoms in total. The van der Waals surface area contributed by atoms with Gasteiger partial charge in [0.05, 0.1) is 21.9 Å². The number of hydrogen-bond donors (Lipinski definition) is 0. The third-order valence-electron chi connectivity index (χ3n) is 13.4. The number of benzene rings is 8. The van der Waals surface area contributed by atoms with Crippen LogP contribution < -0.4 is 0 Å². The molecule has 0 radical (unpaired) electrons. The van der Waals surface area contributed by atoms with Crippen LogP contribution in [0.3, 0.4) is 0 Å². The second kappa shape index (κ2) is 12.3. The average molecular weight is 726 g/mol. The van der Waals surface area contributed by atoms with Crippen LogP contribution in [0, 0.1) is 5.92 Å². The van der Waals surface area contributed by atoms with Crippen molar-refractivity contribution in [2.45, 2.75) is 17.3 Å². The predicted molar refractivity (Wildman–Crippen MR) is 236 cm³/mol. The smallest absolute Gasteiger partial charge is 0.0714 e. The van der Waals surface area contributed by atoms with E-state index >= 15 is 0 Å². The van der Waals surface area contributed by atoms with E-state index in [-0.39, 0.29) is 11.3 Å². The molecular weight excluding hydrogens is 687 g/mol. The van der Waals surface area contributed by atoms with Crippen LogP contribution in [0.5, 0.6) is 0 Å². The summed E-state index contributed by atoms with van der Waals surface area (Å²) in [5.41, 5.74) is 17.5. The Bertz CT molecular complexity index is 3090. The summed E-state index contributed by atoms with van der Waals surface area (Å²) in [6.45, 7) is 0. The van der Waals surface area contributed by atoms with E-state index in [1.807, 2.05) is 0 Å². The Morgan fingerprint density at radius 2 is 1.07 bits per heavy atom. The molecule has 3 aliphatic carbocycles. The van der Waals surface area contributed by atoms with Crippen LogP contribution in [0.1, 0.15) is 50.9 Å². The standard InChI is InChI=1S/C56H39N/c1-4-19-39(20-5-1)55(47-29-13-10-25-42(47)38-35-36-53-46(37-38)44-27-12-17-34-52(44)57(53)41-23-8-3-9-24-41)49-31-15-16-32-50(49)56(40-21-6-2-7-22-40)48-30-14-11-26-43(48)45-28-18-33-51(55)54(45)56/h1-29,31-37,48H,30H2. The van der Waals surface area contributed by atoms with Gasteiger partial charge in [-0.05, 0) is 98.0 Å². The van der Waals surface area contributed by atoms with E-state index in [1.54, 1.807) is 0 Å². The van der Waals surface area contributed by atoms with Crippen LogP contribution in [0.4, 0.5) is 0 Å². The highest BCUT2D eigenvalue weighted by Gasteiger charge is 2.60. The third-order valence-corrected chi connectivity index (χ3v) is 13.4. The van der Waals surface area contributed by atoms with E-state index in [1.165, 1.54) is 88.7 Å². The van der Waals surface area contributed by atoms with Gasteiger partial charge in [-0.1, -0.05) is 188 Å². The molecule has 12 rings (SSSR count). The minimum atomic E-state index is -0.605. The molecule has 0 saturated carbocycles. The van der Waals surface area contributed by atoms with Crippen molar-refractivity contribution in [1.82, 2.24) is 4.57 Å². The zero-order chi connectivity index (χ0) is 37.6. The van der Waals surface area contributed by atoms with Gasteiger partial charge in [-0.3, -0.25) is 0 Å². The van der Waals surface area contributed by atoms with Gasteiger partial charge in [0.15, 0.2) is 0 Å². The van der Waals surface area contributed by atoms with Gasteiger partial charge in [0.1, 0.15) is 0 Å². The summed E-state index contributed by atoms with van der Waals surface area (Å²) in [4.78, 5) is 0. The molecule has 8 aromatic carbocycles. The SMILES string of the molecule is C1=CCC2C(=C1)c1cccc3c1C2(c1ccccc1)c1ccccc1C3(c1ccccc1)c1ccccc1-c1ccc2c(c1)c1ccccc1n2-c1ccccc1. The van der Waals surface area contributed by atoms with E-state index in [4.69, 9.17) is 0 Å². The zero-order valence-corrected chi connectivity index (χ0v) is 31.5. The van der Waals surface area contributed by atoms with Crippen LogP contribution in [0.2, 0.25) is 0 Å². The Morgan fingerprint density at radius 1 is 0.456 bits per heavy atom. The van der Waals surface area contributed by atoms with E-state index in [0.29, 0.717) is 0 Å². The molecule has 3 aliphatic rings. The molecule has 9 aromatic rings. The second-order valence-corrected chi connectivity index (χ2v) is 15.9. The van der Waals surface area contributed by atoms with Crippen LogP contribution in [-0.2, 0) is 10.8 Å². The van der Waals surface area contributed by atoms with Crippen molar-refractivity contribution in [2.75, 3.05) is 0 Å². The Labute approximate surface area is 333 Å². The first kappa shape index (κ1) is 32.3. The molecule has 57 heavy (non-hydrogen) atoms. The number of hydrogen-bond acceptors (Lipinski definition) is 0. The molecule has 0 saturated heterocycles. The summed E-state index contributed by atoms with van der Waals surface area (Å²) in [7, 11) is 0. The monoisotopic (exact) mass is 725 g/mol. The van der Waals surface area contributed by atoms with Crippen LogP contribution in [0.25, 0.3) is 44.2 Å². The molecule has 0 N–H and O–H groups in total. The van der Waals surface area contributed by atoms with Crippen molar-refractivity contribution in [2.24, 2.45) is 5.92 Å². The highest BCUT2D eigenvalue weighted by Crippen LogP contribution is 2.68. The van der Waals surface area contributed by atoms with Gasteiger partial charge in [-0.25, -0.2) is 0 Å². The molecule has 0 fully saturated rings. The lowest BCUT2D eigenvalue weighted by atomic mass is 9.50. The van der Waals surface area contributed by atoms with Gasteiger partial charge < -0.3 is 4.57 Å². The van der Waals surface area contributed by atoms with Crippen molar-refractivity contribution >= 4 is 27.4 Å². The van der Waals surface area contributed by atoms with Crippen molar-refractivity contribution < 1.29 is 0 Å². The number of aromatic nitrogens is 1.